The molecule has 2 N–H and O–H groups in total. The molecule has 6 nitrogen and oxygen atoms in total. The Morgan fingerprint density at radius 2 is 2.43 bits per heavy atom. The molecule has 0 spiro atoms. The number of carbonyl (C=O) groups is 1. The Bertz CT molecular complexity index is 306. The first kappa shape index (κ1) is 9.11. The Morgan fingerprint density at radius 3 is 2.93 bits per heavy atom. The monoisotopic (exact) mass is 195 g/mol. The van der Waals surface area contributed by atoms with Crippen LogP contribution in [0.15, 0.2) is 0 Å². The first-order valence-corrected chi connectivity index (χ1v) is 4.81. The number of aromatic nitrogens is 4. The summed E-state index contributed by atoms with van der Waals surface area (Å²) < 4.78 is 0. The van der Waals surface area contributed by atoms with Gasteiger partial charge >= 0.3 is 0 Å². The fraction of sp³-hybridized carbons (Fsp3) is 0.750. The van der Waals surface area contributed by atoms with Gasteiger partial charge in [-0.15, -0.1) is 10.2 Å². The molecule has 1 aliphatic rings. The van der Waals surface area contributed by atoms with Crippen molar-refractivity contribution in [3.63, 3.8) is 0 Å². The second kappa shape index (κ2) is 3.73. The molecule has 1 aliphatic carbocycles. The number of carbonyl (C=O) groups excluding carboxylic acids is 1. The van der Waals surface area contributed by atoms with Gasteiger partial charge in [0.25, 0.3) is 0 Å². The lowest BCUT2D eigenvalue weighted by molar-refractivity contribution is -0.128. The first-order chi connectivity index (χ1) is 6.77. The maximum absolute atomic E-state index is 11.5. The van der Waals surface area contributed by atoms with E-state index in [0.717, 1.165) is 19.3 Å². The fourth-order valence-corrected chi connectivity index (χ4v) is 1.42. The molecule has 76 valence electrons. The number of tetrazole rings is 1. The molecule has 1 unspecified atom stereocenters. The molecule has 0 aromatic carbocycles. The van der Waals surface area contributed by atoms with Crippen LogP contribution < -0.4 is 5.32 Å². The third-order valence-corrected chi connectivity index (χ3v) is 2.58. The molecule has 1 saturated carbocycles. The van der Waals surface area contributed by atoms with Crippen molar-refractivity contribution >= 4 is 5.91 Å². The van der Waals surface area contributed by atoms with E-state index >= 15 is 0 Å². The molecule has 1 heterocycles. The van der Waals surface area contributed by atoms with Gasteiger partial charge < -0.3 is 5.32 Å². The van der Waals surface area contributed by atoms with Crippen LogP contribution in [0.4, 0.5) is 0 Å². The van der Waals surface area contributed by atoms with Crippen LogP contribution in [-0.4, -0.2) is 26.5 Å². The summed E-state index contributed by atoms with van der Waals surface area (Å²) in [5.74, 6) is 0.829. The van der Waals surface area contributed by atoms with E-state index in [1.54, 1.807) is 0 Å². The van der Waals surface area contributed by atoms with Crippen molar-refractivity contribution in [2.45, 2.75) is 32.2 Å². The number of rotatable bonds is 3. The van der Waals surface area contributed by atoms with Gasteiger partial charge in [0.2, 0.25) is 5.91 Å². The largest absolute Gasteiger partial charge is 0.346 e. The molecule has 1 atom stereocenters. The van der Waals surface area contributed by atoms with Crippen molar-refractivity contribution in [1.29, 1.82) is 0 Å². The van der Waals surface area contributed by atoms with Crippen LogP contribution in [0.1, 0.15) is 38.1 Å². The predicted octanol–water partition coefficient (Wildman–Crippen LogP) is 0.177. The average molecular weight is 195 g/mol. The lowest BCUT2D eigenvalue weighted by Gasteiger charge is -2.25. The third kappa shape index (κ3) is 1.73. The second-order valence-corrected chi connectivity index (χ2v) is 3.63. The number of hydrogen-bond donors (Lipinski definition) is 2. The molecule has 0 aliphatic heterocycles. The molecule has 2 rings (SSSR count). The van der Waals surface area contributed by atoms with Crippen molar-refractivity contribution in [2.75, 3.05) is 0 Å². The Labute approximate surface area is 81.5 Å². The summed E-state index contributed by atoms with van der Waals surface area (Å²) in [4.78, 5) is 11.5. The lowest BCUT2D eigenvalue weighted by Crippen LogP contribution is -2.36. The number of aromatic amines is 1. The Balaban J connectivity index is 1.87. The van der Waals surface area contributed by atoms with Crippen molar-refractivity contribution < 1.29 is 4.79 Å². The van der Waals surface area contributed by atoms with Crippen LogP contribution in [-0.2, 0) is 4.79 Å². The number of H-pyrrole nitrogens is 1. The van der Waals surface area contributed by atoms with Crippen molar-refractivity contribution in [2.24, 2.45) is 5.92 Å². The number of nitrogens with zero attached hydrogens (tertiary/aromatic N) is 3. The summed E-state index contributed by atoms with van der Waals surface area (Å²) in [6.45, 7) is 1.85. The van der Waals surface area contributed by atoms with Gasteiger partial charge in [0, 0.05) is 5.92 Å². The van der Waals surface area contributed by atoms with Crippen molar-refractivity contribution in [3.05, 3.63) is 5.82 Å². The van der Waals surface area contributed by atoms with E-state index in [-0.39, 0.29) is 17.9 Å². The number of amides is 1. The van der Waals surface area contributed by atoms with Gasteiger partial charge in [-0.3, -0.25) is 4.79 Å². The molecule has 0 radical (unpaired) electrons. The molecule has 1 amide bonds. The molecule has 1 aromatic heterocycles. The average Bonchev–Trinajstić information content (AvgIpc) is 2.51. The Kier molecular flexibility index (Phi) is 2.43. The summed E-state index contributed by atoms with van der Waals surface area (Å²) in [5, 5.41) is 16.3. The summed E-state index contributed by atoms with van der Waals surface area (Å²) in [6, 6.07) is -0.165. The molecule has 0 bridgehead atoms. The van der Waals surface area contributed by atoms with Gasteiger partial charge in [-0.2, -0.15) is 5.21 Å². The van der Waals surface area contributed by atoms with Gasteiger partial charge in [0.05, 0.1) is 6.04 Å². The smallest absolute Gasteiger partial charge is 0.223 e. The summed E-state index contributed by atoms with van der Waals surface area (Å²) >= 11 is 0. The number of hydrogen-bond acceptors (Lipinski definition) is 4. The minimum absolute atomic E-state index is 0.105. The zero-order valence-electron chi connectivity index (χ0n) is 8.03. The van der Waals surface area contributed by atoms with E-state index in [0.29, 0.717) is 5.82 Å². The van der Waals surface area contributed by atoms with Crippen LogP contribution in [0.2, 0.25) is 0 Å². The van der Waals surface area contributed by atoms with Crippen LogP contribution in [0.3, 0.4) is 0 Å². The van der Waals surface area contributed by atoms with E-state index in [2.05, 4.69) is 25.9 Å². The van der Waals surface area contributed by atoms with Gasteiger partial charge in [0.1, 0.15) is 0 Å². The lowest BCUT2D eigenvalue weighted by atomic mass is 9.84. The first-order valence-electron chi connectivity index (χ1n) is 4.81. The van der Waals surface area contributed by atoms with Crippen molar-refractivity contribution in [3.8, 4) is 0 Å². The molecule has 14 heavy (non-hydrogen) atoms. The number of nitrogens with one attached hydrogen (secondary N) is 2. The topological polar surface area (TPSA) is 83.6 Å². The SMILES string of the molecule is CC(NC(=O)C1CCC1)c1nn[nH]n1. The van der Waals surface area contributed by atoms with Gasteiger partial charge in [-0.1, -0.05) is 11.6 Å². The second-order valence-electron chi connectivity index (χ2n) is 3.63. The minimum atomic E-state index is -0.165. The van der Waals surface area contributed by atoms with Crippen LogP contribution in [0, 0.1) is 5.92 Å². The standard InChI is InChI=1S/C8H13N5O/c1-5(7-10-12-13-11-7)9-8(14)6-3-2-4-6/h5-6H,2-4H2,1H3,(H,9,14)(H,10,11,12,13). The van der Waals surface area contributed by atoms with E-state index in [4.69, 9.17) is 0 Å². The highest BCUT2D eigenvalue weighted by Gasteiger charge is 2.26. The van der Waals surface area contributed by atoms with Gasteiger partial charge in [-0.25, -0.2) is 0 Å². The molecule has 1 aromatic rings. The molecule has 1 fully saturated rings. The van der Waals surface area contributed by atoms with Crippen molar-refractivity contribution in [1.82, 2.24) is 25.9 Å². The summed E-state index contributed by atoms with van der Waals surface area (Å²) in [7, 11) is 0. The summed E-state index contributed by atoms with van der Waals surface area (Å²) in [6.07, 6.45) is 3.17. The van der Waals surface area contributed by atoms with E-state index in [1.165, 1.54) is 0 Å². The maximum Gasteiger partial charge on any atom is 0.223 e. The Hall–Kier alpha value is -1.46. The molecule has 0 saturated heterocycles. The molecule has 6 heteroatoms. The van der Waals surface area contributed by atoms with Crippen LogP contribution in [0.5, 0.6) is 0 Å². The van der Waals surface area contributed by atoms with E-state index in [9.17, 15) is 4.79 Å². The molecular weight excluding hydrogens is 182 g/mol. The Morgan fingerprint density at radius 1 is 1.64 bits per heavy atom. The highest BCUT2D eigenvalue weighted by atomic mass is 16.2. The summed E-state index contributed by atoms with van der Waals surface area (Å²) in [5.41, 5.74) is 0. The fourth-order valence-electron chi connectivity index (χ4n) is 1.42. The normalized spacial score (nSPS) is 18.6. The van der Waals surface area contributed by atoms with Gasteiger partial charge in [-0.05, 0) is 19.8 Å². The minimum Gasteiger partial charge on any atom is -0.346 e. The maximum atomic E-state index is 11.5. The van der Waals surface area contributed by atoms with Gasteiger partial charge in [0.15, 0.2) is 5.82 Å². The van der Waals surface area contributed by atoms with E-state index < -0.39 is 0 Å². The molecular formula is C8H13N5O. The zero-order valence-corrected chi connectivity index (χ0v) is 8.03. The third-order valence-electron chi connectivity index (χ3n) is 2.58. The predicted molar refractivity (Wildman–Crippen MR) is 48.1 cm³/mol. The zero-order chi connectivity index (χ0) is 9.97. The van der Waals surface area contributed by atoms with Crippen LogP contribution in [0.25, 0.3) is 0 Å². The highest BCUT2D eigenvalue weighted by Crippen LogP contribution is 2.26. The highest BCUT2D eigenvalue weighted by molar-refractivity contribution is 5.79. The van der Waals surface area contributed by atoms with Crippen LogP contribution >= 0.6 is 0 Å². The van der Waals surface area contributed by atoms with E-state index in [1.807, 2.05) is 6.92 Å². The quantitative estimate of drug-likeness (QED) is 0.720.